The van der Waals surface area contributed by atoms with Crippen LogP contribution in [0, 0.1) is 5.92 Å². The lowest BCUT2D eigenvalue weighted by atomic mass is 9.99. The molecule has 0 fully saturated rings. The summed E-state index contributed by atoms with van der Waals surface area (Å²) in [5.41, 5.74) is 10.9. The summed E-state index contributed by atoms with van der Waals surface area (Å²) in [5, 5.41) is 25.9. The molecule has 0 rings (SSSR count). The van der Waals surface area contributed by atoms with Crippen LogP contribution in [0.3, 0.4) is 0 Å². The number of carbonyl (C=O) groups is 5. The zero-order valence-electron chi connectivity index (χ0n) is 18.6. The number of nitrogens with two attached hydrogens (primary N) is 2. The van der Waals surface area contributed by atoms with Crippen molar-refractivity contribution in [1.82, 2.24) is 16.0 Å². The van der Waals surface area contributed by atoms with E-state index in [4.69, 9.17) is 11.5 Å². The Labute approximate surface area is 191 Å². The van der Waals surface area contributed by atoms with Gasteiger partial charge in [0.05, 0.1) is 12.6 Å². The monoisotopic (exact) mass is 477 g/mol. The number of carboxylic acids is 1. The number of aliphatic carboxylic acids is 1. The third-order valence-electron chi connectivity index (χ3n) is 4.91. The van der Waals surface area contributed by atoms with E-state index in [2.05, 4.69) is 16.0 Å². The highest BCUT2D eigenvalue weighted by Crippen LogP contribution is 2.07. The van der Waals surface area contributed by atoms with E-state index >= 15 is 0 Å². The molecule has 13 heteroatoms. The number of hydrogen-bond acceptors (Lipinski definition) is 8. The minimum atomic E-state index is -1.37. The second-order valence-corrected chi connectivity index (χ2v) is 8.39. The Morgan fingerprint density at radius 1 is 0.938 bits per heavy atom. The molecule has 0 aromatic rings. The molecule has 0 heterocycles. The maximum Gasteiger partial charge on any atom is 0.326 e. The van der Waals surface area contributed by atoms with E-state index in [0.717, 1.165) is 0 Å². The van der Waals surface area contributed by atoms with Gasteiger partial charge in [-0.1, -0.05) is 20.3 Å². The van der Waals surface area contributed by atoms with E-state index in [0.29, 0.717) is 12.2 Å². The van der Waals surface area contributed by atoms with E-state index in [1.165, 1.54) is 11.8 Å². The first-order valence-corrected chi connectivity index (χ1v) is 11.6. The van der Waals surface area contributed by atoms with Crippen molar-refractivity contribution >= 4 is 41.4 Å². The zero-order valence-corrected chi connectivity index (χ0v) is 19.4. The number of primary amides is 1. The summed E-state index contributed by atoms with van der Waals surface area (Å²) in [6.07, 6.45) is 2.15. The third kappa shape index (κ3) is 10.8. The van der Waals surface area contributed by atoms with Crippen molar-refractivity contribution in [1.29, 1.82) is 0 Å². The van der Waals surface area contributed by atoms with Crippen LogP contribution < -0.4 is 27.4 Å². The van der Waals surface area contributed by atoms with Crippen molar-refractivity contribution in [3.63, 3.8) is 0 Å². The van der Waals surface area contributed by atoms with E-state index < -0.39 is 60.4 Å². The quantitative estimate of drug-likeness (QED) is 0.129. The van der Waals surface area contributed by atoms with Crippen molar-refractivity contribution in [2.45, 2.75) is 63.7 Å². The number of amides is 4. The molecule has 184 valence electrons. The van der Waals surface area contributed by atoms with Gasteiger partial charge in [0.2, 0.25) is 23.6 Å². The van der Waals surface area contributed by atoms with Gasteiger partial charge in [0.25, 0.3) is 0 Å². The van der Waals surface area contributed by atoms with Crippen LogP contribution in [0.1, 0.15) is 39.5 Å². The summed E-state index contributed by atoms with van der Waals surface area (Å²) in [5.74, 6) is -3.95. The predicted octanol–water partition coefficient (Wildman–Crippen LogP) is -2.09. The molecule has 0 spiro atoms. The summed E-state index contributed by atoms with van der Waals surface area (Å²) in [7, 11) is 0. The molecule has 9 N–H and O–H groups in total. The predicted molar refractivity (Wildman–Crippen MR) is 119 cm³/mol. The highest BCUT2D eigenvalue weighted by atomic mass is 32.2. The Bertz CT molecular complexity index is 664. The second kappa shape index (κ2) is 15.4. The Hall–Kier alpha value is -2.38. The minimum absolute atomic E-state index is 0.147. The summed E-state index contributed by atoms with van der Waals surface area (Å²) < 4.78 is 0. The Kier molecular flexibility index (Phi) is 14.3. The molecule has 0 aliphatic carbocycles. The molecule has 12 nitrogen and oxygen atoms in total. The average Bonchev–Trinajstić information content (AvgIpc) is 2.75. The summed E-state index contributed by atoms with van der Waals surface area (Å²) >= 11 is 1.40. The van der Waals surface area contributed by atoms with Crippen molar-refractivity contribution in [3.05, 3.63) is 0 Å². The minimum Gasteiger partial charge on any atom is -0.480 e. The van der Waals surface area contributed by atoms with Crippen molar-refractivity contribution in [3.8, 4) is 0 Å². The van der Waals surface area contributed by atoms with Crippen molar-refractivity contribution in [2.75, 3.05) is 18.6 Å². The highest BCUT2D eigenvalue weighted by Gasteiger charge is 2.30. The first-order chi connectivity index (χ1) is 15.0. The number of carbonyl (C=O) groups excluding carboxylic acids is 4. The number of hydrogen-bond donors (Lipinski definition) is 7. The molecular formula is C19H35N5O7S. The van der Waals surface area contributed by atoms with E-state index in [1.807, 2.05) is 6.92 Å². The molecular weight excluding hydrogens is 442 g/mol. The van der Waals surface area contributed by atoms with E-state index in [-0.39, 0.29) is 25.2 Å². The van der Waals surface area contributed by atoms with Crippen LogP contribution in [0.15, 0.2) is 0 Å². The molecule has 32 heavy (non-hydrogen) atoms. The number of nitrogens with one attached hydrogen (secondary N) is 3. The van der Waals surface area contributed by atoms with Crippen molar-refractivity contribution in [2.24, 2.45) is 17.4 Å². The Balaban J connectivity index is 5.26. The van der Waals surface area contributed by atoms with Gasteiger partial charge in [0.1, 0.15) is 18.1 Å². The van der Waals surface area contributed by atoms with Crippen LogP contribution in [-0.4, -0.2) is 82.6 Å². The SMILES string of the molecule is CCC(C)C(N)C(=O)NC(CO)C(=O)NC(CCSC)C(=O)NC(CCC(N)=O)C(=O)O. The smallest absolute Gasteiger partial charge is 0.326 e. The molecule has 0 radical (unpaired) electrons. The van der Waals surface area contributed by atoms with Crippen molar-refractivity contribution < 1.29 is 34.2 Å². The fourth-order valence-corrected chi connectivity index (χ4v) is 3.04. The molecule has 0 saturated carbocycles. The van der Waals surface area contributed by atoms with Crippen LogP contribution in [0.5, 0.6) is 0 Å². The van der Waals surface area contributed by atoms with Gasteiger partial charge < -0.3 is 37.6 Å². The largest absolute Gasteiger partial charge is 0.480 e. The number of aliphatic hydroxyl groups is 1. The molecule has 0 aromatic heterocycles. The molecule has 0 aliphatic rings. The lowest BCUT2D eigenvalue weighted by Gasteiger charge is -2.25. The van der Waals surface area contributed by atoms with Crippen LogP contribution in [0.4, 0.5) is 0 Å². The first kappa shape index (κ1) is 29.6. The van der Waals surface area contributed by atoms with Gasteiger partial charge in [-0.2, -0.15) is 11.8 Å². The highest BCUT2D eigenvalue weighted by molar-refractivity contribution is 7.98. The van der Waals surface area contributed by atoms with Gasteiger partial charge >= 0.3 is 5.97 Å². The summed E-state index contributed by atoms with van der Waals surface area (Å²) in [6, 6.07) is -4.71. The number of aliphatic hydroxyl groups excluding tert-OH is 1. The molecule has 0 aromatic carbocycles. The van der Waals surface area contributed by atoms with E-state index in [1.54, 1.807) is 13.2 Å². The van der Waals surface area contributed by atoms with Crippen LogP contribution in [0.25, 0.3) is 0 Å². The van der Waals surface area contributed by atoms with E-state index in [9.17, 15) is 34.2 Å². The second-order valence-electron chi connectivity index (χ2n) is 7.40. The van der Waals surface area contributed by atoms with Gasteiger partial charge in [-0.05, 0) is 30.8 Å². The zero-order chi connectivity index (χ0) is 24.8. The Morgan fingerprint density at radius 3 is 1.94 bits per heavy atom. The molecule has 4 amide bonds. The van der Waals surface area contributed by atoms with Gasteiger partial charge in [0, 0.05) is 6.42 Å². The number of rotatable bonds is 16. The first-order valence-electron chi connectivity index (χ1n) is 10.3. The van der Waals surface area contributed by atoms with Crippen LogP contribution in [-0.2, 0) is 24.0 Å². The Morgan fingerprint density at radius 2 is 1.47 bits per heavy atom. The molecule has 0 saturated heterocycles. The van der Waals surface area contributed by atoms with Crippen LogP contribution in [0.2, 0.25) is 0 Å². The van der Waals surface area contributed by atoms with Gasteiger partial charge in [0.15, 0.2) is 0 Å². The number of carboxylic acid groups (broad SMARTS) is 1. The van der Waals surface area contributed by atoms with Gasteiger partial charge in [-0.3, -0.25) is 19.2 Å². The molecule has 5 unspecified atom stereocenters. The lowest BCUT2D eigenvalue weighted by Crippen LogP contribution is -2.58. The summed E-state index contributed by atoms with van der Waals surface area (Å²) in [4.78, 5) is 59.8. The summed E-state index contributed by atoms with van der Waals surface area (Å²) in [6.45, 7) is 2.91. The number of thioether (sulfide) groups is 1. The average molecular weight is 478 g/mol. The molecule has 5 atom stereocenters. The van der Waals surface area contributed by atoms with Gasteiger partial charge in [-0.15, -0.1) is 0 Å². The fraction of sp³-hybridized carbons (Fsp3) is 0.737. The topological polar surface area (TPSA) is 214 Å². The molecule has 0 aliphatic heterocycles. The maximum atomic E-state index is 12.6. The standard InChI is InChI=1S/C19H35N5O7S/c1-4-10(2)15(21)18(29)24-13(9-25)17(28)22-11(7-8-32-3)16(27)23-12(19(30)31)5-6-14(20)26/h10-13,15,25H,4-9,21H2,1-3H3,(H2,20,26)(H,22,28)(H,23,27)(H,24,29)(H,30,31). The molecule has 0 bridgehead atoms. The maximum absolute atomic E-state index is 12.6. The fourth-order valence-electron chi connectivity index (χ4n) is 2.57. The third-order valence-corrected chi connectivity index (χ3v) is 5.56. The lowest BCUT2D eigenvalue weighted by molar-refractivity contribution is -0.142. The van der Waals surface area contributed by atoms with Gasteiger partial charge in [-0.25, -0.2) is 4.79 Å². The normalized spacial score (nSPS) is 15.5. The van der Waals surface area contributed by atoms with Crippen LogP contribution >= 0.6 is 11.8 Å².